The van der Waals surface area contributed by atoms with Crippen LogP contribution in [-0.4, -0.2) is 34.4 Å². The number of hydrogen-bond donors (Lipinski definition) is 2. The molecule has 0 fully saturated rings. The number of nitrogens with one attached hydrogen (secondary N) is 1. The monoisotopic (exact) mass is 374 g/mol. The Morgan fingerprint density at radius 1 is 1.27 bits per heavy atom. The summed E-state index contributed by atoms with van der Waals surface area (Å²) in [5.74, 6) is -3.85. The first kappa shape index (κ1) is 19.4. The second kappa shape index (κ2) is 8.45. The second-order valence-electron chi connectivity index (χ2n) is 5.33. The van der Waals surface area contributed by atoms with Crippen LogP contribution in [0.3, 0.4) is 0 Å². The van der Waals surface area contributed by atoms with Crippen molar-refractivity contribution in [1.82, 2.24) is 10.3 Å². The Balaban J connectivity index is 1.95. The fraction of sp³-hybridized carbons (Fsp3) is 0.312. The Bertz CT molecular complexity index is 794. The van der Waals surface area contributed by atoms with Crippen molar-refractivity contribution in [3.05, 3.63) is 41.9 Å². The number of alkyl halides is 2. The van der Waals surface area contributed by atoms with Crippen LogP contribution < -0.4 is 5.32 Å². The van der Waals surface area contributed by atoms with E-state index in [1.165, 1.54) is 12.3 Å². The maximum absolute atomic E-state index is 13.7. The highest BCUT2D eigenvalue weighted by Crippen LogP contribution is 2.24. The van der Waals surface area contributed by atoms with E-state index in [1.54, 1.807) is 0 Å². The molecule has 0 radical (unpaired) electrons. The minimum absolute atomic E-state index is 0.0162. The van der Waals surface area contributed by atoms with E-state index in [1.807, 2.05) is 5.32 Å². The lowest BCUT2D eigenvalue weighted by Crippen LogP contribution is -2.42. The highest BCUT2D eigenvalue weighted by atomic mass is 19.3. The van der Waals surface area contributed by atoms with Gasteiger partial charge in [-0.1, -0.05) is 0 Å². The standard InChI is InChI=1S/C16H14F4N2O4/c17-8-1-2-9(10(18)5-8)12-7-21-15(26-12)4-3-14(23)22-11(16(24)25)6-13(19)20/h1-2,5,7,11,13H,3-4,6H2,(H,22,23)(H,24,25). The summed E-state index contributed by atoms with van der Waals surface area (Å²) in [7, 11) is 0. The smallest absolute Gasteiger partial charge is 0.326 e. The Morgan fingerprint density at radius 2 is 2.00 bits per heavy atom. The molecule has 2 N–H and O–H groups in total. The third kappa shape index (κ3) is 5.30. The van der Waals surface area contributed by atoms with Crippen molar-refractivity contribution in [1.29, 1.82) is 0 Å². The predicted molar refractivity (Wildman–Crippen MR) is 80.4 cm³/mol. The highest BCUT2D eigenvalue weighted by molar-refractivity contribution is 5.83. The van der Waals surface area contributed by atoms with E-state index in [0.29, 0.717) is 6.07 Å². The molecule has 10 heteroatoms. The molecule has 26 heavy (non-hydrogen) atoms. The summed E-state index contributed by atoms with van der Waals surface area (Å²) in [6.07, 6.45) is -3.01. The molecule has 2 rings (SSSR count). The first-order chi connectivity index (χ1) is 12.3. The van der Waals surface area contributed by atoms with Crippen molar-refractivity contribution >= 4 is 11.9 Å². The lowest BCUT2D eigenvalue weighted by Gasteiger charge is -2.13. The Morgan fingerprint density at radius 3 is 2.62 bits per heavy atom. The molecule has 1 unspecified atom stereocenters. The van der Waals surface area contributed by atoms with Crippen LogP contribution in [-0.2, 0) is 16.0 Å². The molecule has 0 spiro atoms. The number of aromatic nitrogens is 1. The van der Waals surface area contributed by atoms with Gasteiger partial charge in [0, 0.05) is 25.3 Å². The van der Waals surface area contributed by atoms with Crippen LogP contribution in [0, 0.1) is 11.6 Å². The lowest BCUT2D eigenvalue weighted by atomic mass is 10.2. The van der Waals surface area contributed by atoms with Crippen LogP contribution in [0.1, 0.15) is 18.7 Å². The van der Waals surface area contributed by atoms with Crippen LogP contribution in [0.5, 0.6) is 0 Å². The van der Waals surface area contributed by atoms with Gasteiger partial charge in [0.2, 0.25) is 12.3 Å². The molecule has 0 aliphatic rings. The number of benzene rings is 1. The van der Waals surface area contributed by atoms with Crippen molar-refractivity contribution in [2.24, 2.45) is 0 Å². The maximum Gasteiger partial charge on any atom is 0.326 e. The number of aryl methyl sites for hydroxylation is 1. The molecule has 1 aromatic carbocycles. The first-order valence-electron chi connectivity index (χ1n) is 7.46. The summed E-state index contributed by atoms with van der Waals surface area (Å²) in [5, 5.41) is 10.8. The predicted octanol–water partition coefficient (Wildman–Crippen LogP) is 2.78. The van der Waals surface area contributed by atoms with Gasteiger partial charge >= 0.3 is 5.97 Å². The molecular formula is C16H14F4N2O4. The van der Waals surface area contributed by atoms with Gasteiger partial charge in [-0.2, -0.15) is 0 Å². The van der Waals surface area contributed by atoms with E-state index in [2.05, 4.69) is 4.98 Å². The molecule has 2 aromatic rings. The zero-order valence-corrected chi connectivity index (χ0v) is 13.2. The quantitative estimate of drug-likeness (QED) is 0.693. The largest absolute Gasteiger partial charge is 0.480 e. The summed E-state index contributed by atoms with van der Waals surface area (Å²) in [5.41, 5.74) is -0.0162. The number of nitrogens with zero attached hydrogens (tertiary/aromatic N) is 1. The van der Waals surface area contributed by atoms with E-state index in [-0.39, 0.29) is 30.1 Å². The molecule has 1 heterocycles. The average Bonchev–Trinajstić information content (AvgIpc) is 3.00. The number of amides is 1. The molecule has 0 aliphatic heterocycles. The third-order valence-electron chi connectivity index (χ3n) is 3.36. The van der Waals surface area contributed by atoms with Crippen molar-refractivity contribution in [2.45, 2.75) is 31.7 Å². The number of carbonyl (C=O) groups excluding carboxylic acids is 1. The number of hydrogen-bond acceptors (Lipinski definition) is 4. The van der Waals surface area contributed by atoms with Crippen molar-refractivity contribution in [3.63, 3.8) is 0 Å². The normalized spacial score (nSPS) is 12.2. The summed E-state index contributed by atoms with van der Waals surface area (Å²) in [6, 6.07) is 1.20. The van der Waals surface area contributed by atoms with Crippen molar-refractivity contribution in [3.8, 4) is 11.3 Å². The zero-order valence-electron chi connectivity index (χ0n) is 13.2. The minimum Gasteiger partial charge on any atom is -0.480 e. The fourth-order valence-corrected chi connectivity index (χ4v) is 2.13. The maximum atomic E-state index is 13.7. The van der Waals surface area contributed by atoms with Gasteiger partial charge in [-0.15, -0.1) is 0 Å². The van der Waals surface area contributed by atoms with Crippen molar-refractivity contribution in [2.75, 3.05) is 0 Å². The SMILES string of the molecule is O=C(CCc1ncc(-c2ccc(F)cc2F)o1)NC(CC(F)F)C(=O)O. The van der Waals surface area contributed by atoms with Gasteiger partial charge in [-0.25, -0.2) is 27.3 Å². The van der Waals surface area contributed by atoms with Crippen LogP contribution in [0.2, 0.25) is 0 Å². The van der Waals surface area contributed by atoms with E-state index in [9.17, 15) is 27.2 Å². The second-order valence-corrected chi connectivity index (χ2v) is 5.33. The summed E-state index contributed by atoms with van der Waals surface area (Å²) < 4.78 is 56.4. The summed E-state index contributed by atoms with van der Waals surface area (Å²) >= 11 is 0. The Hall–Kier alpha value is -2.91. The minimum atomic E-state index is -2.88. The van der Waals surface area contributed by atoms with Gasteiger partial charge in [0.15, 0.2) is 11.7 Å². The van der Waals surface area contributed by atoms with E-state index in [0.717, 1.165) is 6.07 Å². The molecule has 140 valence electrons. The van der Waals surface area contributed by atoms with Gasteiger partial charge in [0.1, 0.15) is 17.7 Å². The number of aliphatic carboxylic acids is 1. The van der Waals surface area contributed by atoms with Crippen LogP contribution in [0.15, 0.2) is 28.8 Å². The van der Waals surface area contributed by atoms with Crippen LogP contribution >= 0.6 is 0 Å². The van der Waals surface area contributed by atoms with Gasteiger partial charge in [-0.3, -0.25) is 4.79 Å². The van der Waals surface area contributed by atoms with Gasteiger partial charge in [0.05, 0.1) is 11.8 Å². The number of carbonyl (C=O) groups is 2. The fourth-order valence-electron chi connectivity index (χ4n) is 2.13. The topological polar surface area (TPSA) is 92.4 Å². The molecular weight excluding hydrogens is 360 g/mol. The molecule has 0 saturated heterocycles. The highest BCUT2D eigenvalue weighted by Gasteiger charge is 2.24. The molecule has 0 bridgehead atoms. The molecule has 1 atom stereocenters. The number of rotatable bonds is 8. The molecule has 0 aliphatic carbocycles. The van der Waals surface area contributed by atoms with Crippen molar-refractivity contribution < 1.29 is 36.7 Å². The summed E-state index contributed by atoms with van der Waals surface area (Å²) in [6.45, 7) is 0. The molecule has 1 aromatic heterocycles. The number of carboxylic acids is 1. The summed E-state index contributed by atoms with van der Waals surface area (Å²) in [4.78, 5) is 26.4. The molecule has 1 amide bonds. The van der Waals surface area contributed by atoms with Crippen LogP contribution in [0.25, 0.3) is 11.3 Å². The molecule has 0 saturated carbocycles. The average molecular weight is 374 g/mol. The number of carboxylic acid groups (broad SMARTS) is 1. The lowest BCUT2D eigenvalue weighted by molar-refractivity contribution is -0.143. The number of halogens is 4. The van der Waals surface area contributed by atoms with E-state index in [4.69, 9.17) is 9.52 Å². The number of oxazole rings is 1. The van der Waals surface area contributed by atoms with E-state index >= 15 is 0 Å². The first-order valence-corrected chi connectivity index (χ1v) is 7.46. The third-order valence-corrected chi connectivity index (χ3v) is 3.36. The van der Waals surface area contributed by atoms with Gasteiger partial charge in [-0.05, 0) is 12.1 Å². The van der Waals surface area contributed by atoms with E-state index < -0.39 is 42.4 Å². The zero-order chi connectivity index (χ0) is 19.3. The van der Waals surface area contributed by atoms with Crippen LogP contribution in [0.4, 0.5) is 17.6 Å². The Labute approximate surface area is 144 Å². The van der Waals surface area contributed by atoms with Gasteiger partial charge in [0.25, 0.3) is 0 Å². The van der Waals surface area contributed by atoms with Gasteiger partial charge < -0.3 is 14.8 Å². The Kier molecular flexibility index (Phi) is 6.31. The molecule has 6 nitrogen and oxygen atoms in total.